The van der Waals surface area contributed by atoms with Crippen LogP contribution in [0.5, 0.6) is 0 Å². The molecule has 1 unspecified atom stereocenters. The van der Waals surface area contributed by atoms with Gasteiger partial charge in [0.25, 0.3) is 0 Å². The molecule has 1 aromatic carbocycles. The maximum absolute atomic E-state index is 13.1. The molecule has 0 spiro atoms. The molecular weight excluding hydrogens is 425 g/mol. The number of hydrogen-bond acceptors (Lipinski definition) is 7. The molecule has 2 heterocycles. The molecule has 1 aromatic heterocycles. The number of amides is 1. The van der Waals surface area contributed by atoms with E-state index in [4.69, 9.17) is 4.74 Å². The number of hydrogen-bond donors (Lipinski definition) is 1. The van der Waals surface area contributed by atoms with Crippen molar-refractivity contribution >= 4 is 21.7 Å². The van der Waals surface area contributed by atoms with Gasteiger partial charge in [0, 0.05) is 23.8 Å². The number of sulfone groups is 1. The van der Waals surface area contributed by atoms with Crippen molar-refractivity contribution in [3.05, 3.63) is 48.0 Å². The fraction of sp³-hybridized carbons (Fsp3) is 0.429. The number of esters is 1. The Morgan fingerprint density at radius 1 is 1.29 bits per heavy atom. The number of carbonyl (C=O) groups is 2. The van der Waals surface area contributed by atoms with Crippen LogP contribution in [0.25, 0.3) is 11.4 Å². The average Bonchev–Trinajstić information content (AvgIpc) is 3.20. The number of fused-ring (bicyclic) bond motifs is 1. The molecule has 1 saturated heterocycles. The van der Waals surface area contributed by atoms with E-state index in [2.05, 4.69) is 15.3 Å². The summed E-state index contributed by atoms with van der Waals surface area (Å²) in [4.78, 5) is 33.1. The van der Waals surface area contributed by atoms with Gasteiger partial charge in [0.1, 0.15) is 5.25 Å². The first-order valence-corrected chi connectivity index (χ1v) is 11.7. The first kappa shape index (κ1) is 21.4. The summed E-state index contributed by atoms with van der Waals surface area (Å²) in [5.74, 6) is -1.63. The second-order valence-electron chi connectivity index (χ2n) is 8.31. The summed E-state index contributed by atoms with van der Waals surface area (Å²) in [7, 11) is -2.32. The summed E-state index contributed by atoms with van der Waals surface area (Å²) in [5, 5.41) is 1.59. The summed E-state index contributed by atoms with van der Waals surface area (Å²) in [6.45, 7) is 0. The van der Waals surface area contributed by atoms with Crippen LogP contribution in [-0.2, 0) is 30.6 Å². The topological polar surface area (TPSA) is 115 Å². The molecule has 1 aliphatic carbocycles. The second-order valence-corrected chi connectivity index (χ2v) is 10.5. The van der Waals surface area contributed by atoms with Crippen LogP contribution >= 0.6 is 0 Å². The minimum Gasteiger partial charge on any atom is -0.469 e. The van der Waals surface area contributed by atoms with Gasteiger partial charge in [0.05, 0.1) is 24.9 Å². The fourth-order valence-corrected chi connectivity index (χ4v) is 6.35. The van der Waals surface area contributed by atoms with Gasteiger partial charge in [0.2, 0.25) is 5.91 Å². The Labute approximate surface area is 179 Å². The Morgan fingerprint density at radius 3 is 2.65 bits per heavy atom. The first-order valence-electron chi connectivity index (χ1n) is 9.77. The quantitative estimate of drug-likeness (QED) is 0.687. The second kappa shape index (κ2) is 7.67. The number of rotatable bonds is 5. The summed E-state index contributed by atoms with van der Waals surface area (Å²) < 4.78 is 42.6. The summed E-state index contributed by atoms with van der Waals surface area (Å²) >= 11 is 0. The molecule has 8 nitrogen and oxygen atoms in total. The zero-order valence-corrected chi connectivity index (χ0v) is 17.9. The van der Waals surface area contributed by atoms with Crippen LogP contribution in [0.15, 0.2) is 36.7 Å². The van der Waals surface area contributed by atoms with Gasteiger partial charge in [-0.15, -0.1) is 0 Å². The number of ether oxygens (including phenoxy) is 1. The molecule has 1 N–H and O–H groups in total. The van der Waals surface area contributed by atoms with Crippen molar-refractivity contribution < 1.29 is 27.1 Å². The smallest absolute Gasteiger partial charge is 0.312 e. The van der Waals surface area contributed by atoms with E-state index >= 15 is 0 Å². The van der Waals surface area contributed by atoms with E-state index in [0.29, 0.717) is 24.2 Å². The van der Waals surface area contributed by atoms with Crippen LogP contribution in [0.2, 0.25) is 0 Å². The van der Waals surface area contributed by atoms with Crippen molar-refractivity contribution in [3.8, 4) is 11.4 Å². The molecular formula is C21H22FN3O5S. The SMILES string of the molecule is COC(=O)[C@]1(Cc2cccc(-c3ncc(F)cn3)c2)C[C@@H]2NC(=O)C(S(C)(=O)=O)[C@@H]2C1. The number of aromatic nitrogens is 2. The number of halogens is 1. The van der Waals surface area contributed by atoms with E-state index in [9.17, 15) is 22.4 Å². The Balaban J connectivity index is 1.65. The molecule has 2 fully saturated rings. The molecule has 10 heteroatoms. The van der Waals surface area contributed by atoms with E-state index < -0.39 is 50.2 Å². The highest BCUT2D eigenvalue weighted by atomic mass is 32.2. The lowest BCUT2D eigenvalue weighted by Gasteiger charge is -2.28. The van der Waals surface area contributed by atoms with Crippen molar-refractivity contribution in [2.75, 3.05) is 13.4 Å². The summed E-state index contributed by atoms with van der Waals surface area (Å²) in [6.07, 6.45) is 4.02. The molecule has 31 heavy (non-hydrogen) atoms. The third-order valence-electron chi connectivity index (χ3n) is 6.16. The van der Waals surface area contributed by atoms with Crippen LogP contribution in [-0.4, -0.2) is 54.9 Å². The van der Waals surface area contributed by atoms with Crippen molar-refractivity contribution in [1.82, 2.24) is 15.3 Å². The van der Waals surface area contributed by atoms with Crippen molar-refractivity contribution in [1.29, 1.82) is 0 Å². The average molecular weight is 447 g/mol. The van der Waals surface area contributed by atoms with Crippen LogP contribution in [0.3, 0.4) is 0 Å². The maximum atomic E-state index is 13.1. The van der Waals surface area contributed by atoms with Gasteiger partial charge >= 0.3 is 5.97 Å². The third-order valence-corrected chi connectivity index (χ3v) is 7.64. The predicted octanol–water partition coefficient (Wildman–Crippen LogP) is 1.31. The van der Waals surface area contributed by atoms with E-state index in [1.807, 2.05) is 12.1 Å². The van der Waals surface area contributed by atoms with Crippen LogP contribution in [0.4, 0.5) is 4.39 Å². The number of benzene rings is 1. The highest BCUT2D eigenvalue weighted by Gasteiger charge is 2.60. The molecule has 2 aromatic rings. The van der Waals surface area contributed by atoms with Gasteiger partial charge in [-0.05, 0) is 30.9 Å². The van der Waals surface area contributed by atoms with E-state index in [-0.39, 0.29) is 6.42 Å². The Kier molecular flexibility index (Phi) is 5.28. The minimum atomic E-state index is -3.62. The third kappa shape index (κ3) is 3.91. The summed E-state index contributed by atoms with van der Waals surface area (Å²) in [5.41, 5.74) is 0.499. The van der Waals surface area contributed by atoms with E-state index in [1.54, 1.807) is 12.1 Å². The van der Waals surface area contributed by atoms with Crippen LogP contribution < -0.4 is 5.32 Å². The number of nitrogens with one attached hydrogen (secondary N) is 1. The number of carbonyl (C=O) groups excluding carboxylic acids is 2. The minimum absolute atomic E-state index is 0.220. The Hall–Kier alpha value is -2.88. The first-order chi connectivity index (χ1) is 14.6. The van der Waals surface area contributed by atoms with E-state index in [1.165, 1.54) is 7.11 Å². The Morgan fingerprint density at radius 2 is 2.00 bits per heavy atom. The summed E-state index contributed by atoms with van der Waals surface area (Å²) in [6, 6.07) is 6.83. The molecule has 1 amide bonds. The largest absolute Gasteiger partial charge is 0.469 e. The van der Waals surface area contributed by atoms with Gasteiger partial charge in [-0.2, -0.15) is 0 Å². The molecule has 0 bridgehead atoms. The van der Waals surface area contributed by atoms with Crippen molar-refractivity contribution in [2.45, 2.75) is 30.6 Å². The fourth-order valence-electron chi connectivity index (χ4n) is 4.97. The van der Waals surface area contributed by atoms with Crippen LogP contribution in [0, 0.1) is 17.2 Å². The van der Waals surface area contributed by atoms with Crippen LogP contribution in [0.1, 0.15) is 18.4 Å². The van der Waals surface area contributed by atoms with Gasteiger partial charge in [-0.3, -0.25) is 9.59 Å². The number of nitrogens with zero attached hydrogens (tertiary/aromatic N) is 2. The molecule has 0 radical (unpaired) electrons. The Bertz CT molecular complexity index is 1140. The molecule has 4 atom stereocenters. The predicted molar refractivity (Wildman–Crippen MR) is 109 cm³/mol. The lowest BCUT2D eigenvalue weighted by Crippen LogP contribution is -2.39. The van der Waals surface area contributed by atoms with E-state index in [0.717, 1.165) is 24.2 Å². The van der Waals surface area contributed by atoms with Gasteiger partial charge in [-0.1, -0.05) is 18.2 Å². The molecule has 1 aliphatic heterocycles. The van der Waals surface area contributed by atoms with Gasteiger partial charge in [0.15, 0.2) is 21.5 Å². The monoisotopic (exact) mass is 447 g/mol. The lowest BCUT2D eigenvalue weighted by atomic mass is 9.78. The molecule has 1 saturated carbocycles. The van der Waals surface area contributed by atoms with Crippen molar-refractivity contribution in [2.24, 2.45) is 11.3 Å². The zero-order valence-electron chi connectivity index (χ0n) is 17.0. The van der Waals surface area contributed by atoms with Crippen molar-refractivity contribution in [3.63, 3.8) is 0 Å². The van der Waals surface area contributed by atoms with Gasteiger partial charge in [-0.25, -0.2) is 22.8 Å². The lowest BCUT2D eigenvalue weighted by molar-refractivity contribution is -0.153. The van der Waals surface area contributed by atoms with Gasteiger partial charge < -0.3 is 10.1 Å². The molecule has 4 rings (SSSR count). The maximum Gasteiger partial charge on any atom is 0.312 e. The standard InChI is InChI=1S/C21H22FN3O5S/c1-30-20(27)21(8-15-16(9-21)25-19(26)17(15)31(2,28)29)7-12-4-3-5-13(6-12)18-23-10-14(22)11-24-18/h3-6,10-11,15-17H,7-9H2,1-2H3,(H,25,26)/t15-,16+,17?,21+/m1/s1. The normalized spacial score (nSPS) is 27.6. The molecule has 164 valence electrons. The highest BCUT2D eigenvalue weighted by molar-refractivity contribution is 7.92. The number of methoxy groups -OCH3 is 1. The highest BCUT2D eigenvalue weighted by Crippen LogP contribution is 2.50. The zero-order chi connectivity index (χ0) is 22.4. The molecule has 2 aliphatic rings.